The molecule has 3 nitrogen and oxygen atoms in total. The molecule has 0 saturated carbocycles. The molecule has 0 radical (unpaired) electrons. The molecular weight excluding hydrogens is 118 g/mol. The van der Waals surface area contributed by atoms with Gasteiger partial charge in [0.05, 0.1) is 11.2 Å². The molecule has 1 rings (SSSR count). The molecule has 0 unspecified atom stereocenters. The second-order valence-corrected chi connectivity index (χ2v) is 1.43. The van der Waals surface area contributed by atoms with Crippen LogP contribution in [0.5, 0.6) is 11.6 Å². The summed E-state index contributed by atoms with van der Waals surface area (Å²) in [4.78, 5) is 3.53. The molecule has 1 aromatic rings. The standard InChI is InChI=1S/C6H7NO2/c1-9-6-5(8)3-2-4-7-6/h2-4,8H,1H3/i1D3. The van der Waals surface area contributed by atoms with Crippen molar-refractivity contribution in [2.45, 2.75) is 0 Å². The summed E-state index contributed by atoms with van der Waals surface area (Å²) in [6, 6.07) is 2.77. The molecule has 0 amide bonds. The van der Waals surface area contributed by atoms with Gasteiger partial charge in [0.15, 0.2) is 5.75 Å². The minimum absolute atomic E-state index is 0.280. The van der Waals surface area contributed by atoms with E-state index in [2.05, 4.69) is 9.72 Å². The number of nitrogens with zero attached hydrogens (tertiary/aromatic N) is 1. The lowest BCUT2D eigenvalue weighted by Gasteiger charge is -1.97. The zero-order valence-electron chi connectivity index (χ0n) is 7.53. The lowest BCUT2D eigenvalue weighted by atomic mass is 10.4. The molecule has 0 atom stereocenters. The summed E-state index contributed by atoms with van der Waals surface area (Å²) in [7, 11) is -2.58. The van der Waals surface area contributed by atoms with Crippen LogP contribution in [0.3, 0.4) is 0 Å². The van der Waals surface area contributed by atoms with E-state index < -0.39 is 7.04 Å². The lowest BCUT2D eigenvalue weighted by Crippen LogP contribution is -1.85. The predicted octanol–water partition coefficient (Wildman–Crippen LogP) is 0.796. The third-order valence-corrected chi connectivity index (χ3v) is 0.848. The van der Waals surface area contributed by atoms with Crippen molar-refractivity contribution in [3.05, 3.63) is 18.3 Å². The quantitative estimate of drug-likeness (QED) is 0.608. The van der Waals surface area contributed by atoms with Crippen LogP contribution in [-0.2, 0) is 0 Å². The highest BCUT2D eigenvalue weighted by atomic mass is 16.5. The average molecular weight is 128 g/mol. The maximum Gasteiger partial charge on any atom is 0.256 e. The van der Waals surface area contributed by atoms with E-state index in [1.54, 1.807) is 0 Å². The Hall–Kier alpha value is -1.25. The molecule has 0 bridgehead atoms. The van der Waals surface area contributed by atoms with Gasteiger partial charge in [-0.05, 0) is 12.1 Å². The Morgan fingerprint density at radius 1 is 1.89 bits per heavy atom. The largest absolute Gasteiger partial charge is 0.503 e. The van der Waals surface area contributed by atoms with Gasteiger partial charge < -0.3 is 9.84 Å². The van der Waals surface area contributed by atoms with Gasteiger partial charge in [-0.25, -0.2) is 4.98 Å². The van der Waals surface area contributed by atoms with E-state index in [4.69, 9.17) is 9.22 Å². The van der Waals surface area contributed by atoms with E-state index >= 15 is 0 Å². The summed E-state index contributed by atoms with van der Waals surface area (Å²) < 4.78 is 24.5. The fraction of sp³-hybridized carbons (Fsp3) is 0.167. The van der Waals surface area contributed by atoms with Crippen LogP contribution >= 0.6 is 0 Å². The number of methoxy groups -OCH3 is 1. The fourth-order valence-electron chi connectivity index (χ4n) is 0.461. The van der Waals surface area contributed by atoms with E-state index in [0.29, 0.717) is 0 Å². The van der Waals surface area contributed by atoms with Crippen LogP contribution in [0.2, 0.25) is 0 Å². The molecule has 1 N–H and O–H groups in total. The highest BCUT2D eigenvalue weighted by Gasteiger charge is 1.96. The highest BCUT2D eigenvalue weighted by molar-refractivity contribution is 5.30. The summed E-state index contributed by atoms with van der Waals surface area (Å²) in [6.45, 7) is 0. The van der Waals surface area contributed by atoms with E-state index in [1.807, 2.05) is 0 Å². The van der Waals surface area contributed by atoms with Gasteiger partial charge in [-0.1, -0.05) is 0 Å². The molecule has 1 aromatic heterocycles. The van der Waals surface area contributed by atoms with Crippen LogP contribution in [0.15, 0.2) is 18.3 Å². The zero-order valence-corrected chi connectivity index (χ0v) is 4.53. The van der Waals surface area contributed by atoms with Crippen LogP contribution in [0.25, 0.3) is 0 Å². The second-order valence-electron chi connectivity index (χ2n) is 1.43. The Bertz CT molecular complexity index is 274. The predicted molar refractivity (Wildman–Crippen MR) is 32.5 cm³/mol. The number of ether oxygens (including phenoxy) is 1. The highest BCUT2D eigenvalue weighted by Crippen LogP contribution is 2.19. The Morgan fingerprint density at radius 3 is 3.44 bits per heavy atom. The number of aromatic hydroxyl groups is 1. The third-order valence-electron chi connectivity index (χ3n) is 0.848. The molecule has 9 heavy (non-hydrogen) atoms. The van der Waals surface area contributed by atoms with Crippen LogP contribution in [-0.4, -0.2) is 17.1 Å². The zero-order chi connectivity index (χ0) is 9.19. The first-order chi connectivity index (χ1) is 5.49. The average Bonchev–Trinajstić information content (AvgIpc) is 1.91. The minimum Gasteiger partial charge on any atom is -0.503 e. The Labute approximate surface area is 57.1 Å². The van der Waals surface area contributed by atoms with Gasteiger partial charge in [-0.3, -0.25) is 0 Å². The number of hydrogen-bond donors (Lipinski definition) is 1. The van der Waals surface area contributed by atoms with E-state index in [9.17, 15) is 0 Å². The molecule has 0 aliphatic carbocycles. The first kappa shape index (κ1) is 3.06. The normalized spacial score (nSPS) is 15.3. The van der Waals surface area contributed by atoms with Gasteiger partial charge in [0, 0.05) is 6.20 Å². The molecule has 0 spiro atoms. The van der Waals surface area contributed by atoms with E-state index in [1.165, 1.54) is 18.3 Å². The number of rotatable bonds is 1. The molecule has 1 heterocycles. The molecule has 3 heteroatoms. The summed E-state index contributed by atoms with van der Waals surface area (Å²) >= 11 is 0. The van der Waals surface area contributed by atoms with Crippen molar-refractivity contribution in [3.63, 3.8) is 0 Å². The molecule has 0 aromatic carbocycles. The molecule has 48 valence electrons. The first-order valence-corrected chi connectivity index (χ1v) is 2.32. The van der Waals surface area contributed by atoms with Crippen molar-refractivity contribution in [1.29, 1.82) is 0 Å². The van der Waals surface area contributed by atoms with Crippen molar-refractivity contribution in [3.8, 4) is 11.6 Å². The smallest absolute Gasteiger partial charge is 0.256 e. The van der Waals surface area contributed by atoms with Crippen molar-refractivity contribution in [1.82, 2.24) is 4.98 Å². The Kier molecular flexibility index (Phi) is 0.797. The van der Waals surface area contributed by atoms with Crippen molar-refractivity contribution in [2.24, 2.45) is 0 Å². The first-order valence-electron chi connectivity index (χ1n) is 3.82. The monoisotopic (exact) mass is 128 g/mol. The van der Waals surface area contributed by atoms with Gasteiger partial charge in [0.25, 0.3) is 5.88 Å². The van der Waals surface area contributed by atoms with Gasteiger partial charge in [-0.15, -0.1) is 0 Å². The van der Waals surface area contributed by atoms with Crippen LogP contribution in [0.1, 0.15) is 4.11 Å². The molecule has 0 fully saturated rings. The summed E-state index contributed by atoms with van der Waals surface area (Å²) in [5.41, 5.74) is 0. The topological polar surface area (TPSA) is 42.4 Å². The van der Waals surface area contributed by atoms with Crippen LogP contribution in [0, 0.1) is 0 Å². The van der Waals surface area contributed by atoms with Gasteiger partial charge in [0.1, 0.15) is 0 Å². The summed E-state index contributed by atoms with van der Waals surface area (Å²) in [6.07, 6.45) is 1.33. The van der Waals surface area contributed by atoms with Gasteiger partial charge in [-0.2, -0.15) is 0 Å². The maximum absolute atomic E-state index is 9.04. The van der Waals surface area contributed by atoms with Crippen LogP contribution in [0.4, 0.5) is 0 Å². The van der Waals surface area contributed by atoms with Gasteiger partial charge >= 0.3 is 0 Å². The van der Waals surface area contributed by atoms with E-state index in [-0.39, 0.29) is 11.6 Å². The molecular formula is C6H7NO2. The lowest BCUT2D eigenvalue weighted by molar-refractivity contribution is 0.358. The van der Waals surface area contributed by atoms with Crippen molar-refractivity contribution in [2.75, 3.05) is 7.04 Å². The maximum atomic E-state index is 9.04. The van der Waals surface area contributed by atoms with Crippen molar-refractivity contribution < 1.29 is 14.0 Å². The summed E-state index contributed by atoms with van der Waals surface area (Å²) in [5, 5.41) is 9.04. The second kappa shape index (κ2) is 2.35. The van der Waals surface area contributed by atoms with Crippen molar-refractivity contribution >= 4 is 0 Å². The van der Waals surface area contributed by atoms with E-state index in [0.717, 1.165) is 0 Å². The minimum atomic E-state index is -2.58. The Balaban J connectivity index is 2.83. The SMILES string of the molecule is [2H]C([2H])([2H])Oc1ncccc1O. The number of aromatic nitrogens is 1. The number of hydrogen-bond acceptors (Lipinski definition) is 3. The number of pyridine rings is 1. The Morgan fingerprint density at radius 2 is 2.78 bits per heavy atom. The van der Waals surface area contributed by atoms with Gasteiger partial charge in [0.2, 0.25) is 0 Å². The molecule has 0 aliphatic heterocycles. The molecule has 0 saturated heterocycles. The third kappa shape index (κ3) is 1.10. The molecule has 0 aliphatic rings. The fourth-order valence-corrected chi connectivity index (χ4v) is 0.461. The van der Waals surface area contributed by atoms with Crippen LogP contribution < -0.4 is 4.74 Å². The summed E-state index contributed by atoms with van der Waals surface area (Å²) in [5.74, 6) is -0.564.